The molecule has 112 valence electrons. The molecule has 2 aromatic rings. The van der Waals surface area contributed by atoms with Gasteiger partial charge in [0.25, 0.3) is 0 Å². The lowest BCUT2D eigenvalue weighted by Gasteiger charge is -2.13. The van der Waals surface area contributed by atoms with E-state index in [1.165, 1.54) is 5.56 Å². The largest absolute Gasteiger partial charge is 0.383 e. The molecule has 6 nitrogen and oxygen atoms in total. The van der Waals surface area contributed by atoms with Gasteiger partial charge in [0, 0.05) is 19.6 Å². The summed E-state index contributed by atoms with van der Waals surface area (Å²) in [6, 6.07) is 11.1. The molecule has 1 aromatic carbocycles. The Bertz CT molecular complexity index is 570. The maximum atomic E-state index is 5.05. The van der Waals surface area contributed by atoms with Crippen molar-refractivity contribution in [3.05, 3.63) is 41.7 Å². The minimum absolute atomic E-state index is 0.118. The fraction of sp³-hybridized carbons (Fsp3) is 0.533. The van der Waals surface area contributed by atoms with Crippen LogP contribution in [0.5, 0.6) is 0 Å². The molecule has 3 atom stereocenters. The van der Waals surface area contributed by atoms with Crippen molar-refractivity contribution in [2.24, 2.45) is 0 Å². The van der Waals surface area contributed by atoms with E-state index in [9.17, 15) is 0 Å². The monoisotopic (exact) mass is 287 g/mol. The summed E-state index contributed by atoms with van der Waals surface area (Å²) in [5, 5.41) is 15.6. The Labute approximate surface area is 124 Å². The van der Waals surface area contributed by atoms with E-state index in [0.29, 0.717) is 18.6 Å². The molecule has 1 fully saturated rings. The van der Waals surface area contributed by atoms with Crippen molar-refractivity contribution in [1.82, 2.24) is 25.5 Å². The van der Waals surface area contributed by atoms with E-state index in [0.717, 1.165) is 18.8 Å². The number of rotatable bonds is 7. The van der Waals surface area contributed by atoms with Crippen LogP contribution in [-0.2, 0) is 4.74 Å². The van der Waals surface area contributed by atoms with Gasteiger partial charge in [-0.05, 0) is 29.3 Å². The predicted octanol–water partition coefficient (Wildman–Crippen LogP) is 1.70. The fourth-order valence-corrected chi connectivity index (χ4v) is 2.70. The van der Waals surface area contributed by atoms with E-state index in [1.54, 1.807) is 7.11 Å². The zero-order valence-electron chi connectivity index (χ0n) is 12.4. The summed E-state index contributed by atoms with van der Waals surface area (Å²) < 4.78 is 7.03. The van der Waals surface area contributed by atoms with Gasteiger partial charge in [0.2, 0.25) is 0 Å². The Morgan fingerprint density at radius 1 is 1.38 bits per heavy atom. The Morgan fingerprint density at radius 3 is 2.95 bits per heavy atom. The van der Waals surface area contributed by atoms with Crippen LogP contribution in [0, 0.1) is 0 Å². The van der Waals surface area contributed by atoms with Gasteiger partial charge >= 0.3 is 0 Å². The number of methoxy groups -OCH3 is 1. The molecule has 0 spiro atoms. The van der Waals surface area contributed by atoms with Gasteiger partial charge in [-0.3, -0.25) is 0 Å². The SMILES string of the molecule is COCCNC(C)c1nnnn1C1CC1c1ccccc1. The van der Waals surface area contributed by atoms with Crippen LogP contribution in [0.4, 0.5) is 0 Å². The number of nitrogens with zero attached hydrogens (tertiary/aromatic N) is 4. The second-order valence-corrected chi connectivity index (χ2v) is 5.47. The van der Waals surface area contributed by atoms with Crippen molar-refractivity contribution in [1.29, 1.82) is 0 Å². The zero-order valence-corrected chi connectivity index (χ0v) is 12.4. The molecule has 1 N–H and O–H groups in total. The molecule has 0 bridgehead atoms. The molecular weight excluding hydrogens is 266 g/mol. The first-order valence-electron chi connectivity index (χ1n) is 7.36. The second kappa shape index (κ2) is 6.32. The van der Waals surface area contributed by atoms with Gasteiger partial charge in [-0.15, -0.1) is 5.10 Å². The molecular formula is C15H21N5O. The van der Waals surface area contributed by atoms with Gasteiger partial charge in [-0.25, -0.2) is 4.68 Å². The molecule has 1 saturated carbocycles. The molecule has 3 unspecified atom stereocenters. The van der Waals surface area contributed by atoms with Crippen LogP contribution in [0.25, 0.3) is 0 Å². The normalized spacial score (nSPS) is 22.2. The highest BCUT2D eigenvalue weighted by molar-refractivity contribution is 5.27. The summed E-state index contributed by atoms with van der Waals surface area (Å²) in [5.41, 5.74) is 1.36. The van der Waals surface area contributed by atoms with Crippen LogP contribution in [-0.4, -0.2) is 40.5 Å². The highest BCUT2D eigenvalue weighted by Gasteiger charge is 2.42. The lowest BCUT2D eigenvalue weighted by atomic mass is 10.1. The minimum atomic E-state index is 0.118. The number of hydrogen-bond acceptors (Lipinski definition) is 5. The van der Waals surface area contributed by atoms with E-state index in [4.69, 9.17) is 4.74 Å². The zero-order chi connectivity index (χ0) is 14.7. The third-order valence-electron chi connectivity index (χ3n) is 3.96. The Hall–Kier alpha value is -1.79. The van der Waals surface area contributed by atoms with Gasteiger partial charge in [0.1, 0.15) is 0 Å². The van der Waals surface area contributed by atoms with Crippen molar-refractivity contribution < 1.29 is 4.74 Å². The van der Waals surface area contributed by atoms with E-state index in [-0.39, 0.29) is 6.04 Å². The van der Waals surface area contributed by atoms with Gasteiger partial charge in [0.15, 0.2) is 5.82 Å². The van der Waals surface area contributed by atoms with Crippen LogP contribution >= 0.6 is 0 Å². The van der Waals surface area contributed by atoms with Crippen molar-refractivity contribution in [2.45, 2.75) is 31.3 Å². The topological polar surface area (TPSA) is 64.9 Å². The second-order valence-electron chi connectivity index (χ2n) is 5.47. The summed E-state index contributed by atoms with van der Waals surface area (Å²) in [6.45, 7) is 3.55. The van der Waals surface area contributed by atoms with Crippen LogP contribution in [0.15, 0.2) is 30.3 Å². The van der Waals surface area contributed by atoms with Gasteiger partial charge < -0.3 is 10.1 Å². The molecule has 21 heavy (non-hydrogen) atoms. The van der Waals surface area contributed by atoms with Gasteiger partial charge in [-0.1, -0.05) is 30.3 Å². The number of tetrazole rings is 1. The van der Waals surface area contributed by atoms with E-state index in [2.05, 4.69) is 52.0 Å². The van der Waals surface area contributed by atoms with Crippen LogP contribution < -0.4 is 5.32 Å². The fourth-order valence-electron chi connectivity index (χ4n) is 2.70. The summed E-state index contributed by atoms with van der Waals surface area (Å²) in [5.74, 6) is 1.43. The third-order valence-corrected chi connectivity index (χ3v) is 3.96. The van der Waals surface area contributed by atoms with E-state index in [1.807, 2.05) is 10.7 Å². The predicted molar refractivity (Wildman–Crippen MR) is 78.9 cm³/mol. The first-order valence-corrected chi connectivity index (χ1v) is 7.36. The maximum absolute atomic E-state index is 5.05. The highest BCUT2D eigenvalue weighted by Crippen LogP contribution is 2.51. The van der Waals surface area contributed by atoms with Crippen LogP contribution in [0.2, 0.25) is 0 Å². The summed E-state index contributed by atoms with van der Waals surface area (Å²) in [7, 11) is 1.70. The first-order chi connectivity index (χ1) is 10.3. The number of ether oxygens (including phenoxy) is 1. The average Bonchev–Trinajstić information content (AvgIpc) is 3.16. The quantitative estimate of drug-likeness (QED) is 0.785. The van der Waals surface area contributed by atoms with Crippen molar-refractivity contribution in [2.75, 3.05) is 20.3 Å². The number of hydrogen-bond donors (Lipinski definition) is 1. The summed E-state index contributed by atoms with van der Waals surface area (Å²) >= 11 is 0. The average molecular weight is 287 g/mol. The van der Waals surface area contributed by atoms with Crippen molar-refractivity contribution in [3.63, 3.8) is 0 Å². The lowest BCUT2D eigenvalue weighted by molar-refractivity contribution is 0.195. The molecule has 0 aliphatic heterocycles. The number of aromatic nitrogens is 4. The molecule has 1 aliphatic rings. The standard InChI is InChI=1S/C15H21N5O/c1-11(16-8-9-21-2)15-17-18-19-20(15)14-10-13(14)12-6-4-3-5-7-12/h3-7,11,13-14,16H,8-10H2,1-2H3. The Morgan fingerprint density at radius 2 is 2.19 bits per heavy atom. The minimum Gasteiger partial charge on any atom is -0.383 e. The highest BCUT2D eigenvalue weighted by atomic mass is 16.5. The molecule has 0 amide bonds. The first kappa shape index (κ1) is 14.2. The lowest BCUT2D eigenvalue weighted by Crippen LogP contribution is -2.25. The van der Waals surface area contributed by atoms with Crippen LogP contribution in [0.3, 0.4) is 0 Å². The maximum Gasteiger partial charge on any atom is 0.168 e. The molecule has 1 aromatic heterocycles. The molecule has 1 aliphatic carbocycles. The molecule has 6 heteroatoms. The van der Waals surface area contributed by atoms with E-state index >= 15 is 0 Å². The molecule has 0 saturated heterocycles. The van der Waals surface area contributed by atoms with E-state index < -0.39 is 0 Å². The molecule has 3 rings (SSSR count). The van der Waals surface area contributed by atoms with Gasteiger partial charge in [0.05, 0.1) is 18.7 Å². The molecule has 0 radical (unpaired) electrons. The Kier molecular flexibility index (Phi) is 4.26. The summed E-state index contributed by atoms with van der Waals surface area (Å²) in [6.07, 6.45) is 1.10. The smallest absolute Gasteiger partial charge is 0.168 e. The summed E-state index contributed by atoms with van der Waals surface area (Å²) in [4.78, 5) is 0. The number of nitrogens with one attached hydrogen (secondary N) is 1. The van der Waals surface area contributed by atoms with Crippen molar-refractivity contribution in [3.8, 4) is 0 Å². The third kappa shape index (κ3) is 3.11. The van der Waals surface area contributed by atoms with Crippen LogP contribution in [0.1, 0.15) is 42.7 Å². The Balaban J connectivity index is 1.67. The molecule has 1 heterocycles. The van der Waals surface area contributed by atoms with Gasteiger partial charge in [-0.2, -0.15) is 0 Å². The number of benzene rings is 1. The van der Waals surface area contributed by atoms with Crippen molar-refractivity contribution >= 4 is 0 Å².